The van der Waals surface area contributed by atoms with Crippen molar-refractivity contribution < 1.29 is 14.3 Å². The molecule has 3 aromatic rings. The van der Waals surface area contributed by atoms with E-state index in [1.165, 1.54) is 0 Å². The van der Waals surface area contributed by atoms with Crippen LogP contribution in [0.1, 0.15) is 12.7 Å². The van der Waals surface area contributed by atoms with Gasteiger partial charge in [-0.1, -0.05) is 18.2 Å². The van der Waals surface area contributed by atoms with Crippen LogP contribution < -0.4 is 14.8 Å². The molecule has 0 atom stereocenters. The Kier molecular flexibility index (Phi) is 4.90. The fourth-order valence-corrected chi connectivity index (χ4v) is 2.23. The highest BCUT2D eigenvalue weighted by Gasteiger charge is 2.09. The maximum atomic E-state index is 12.0. The third kappa shape index (κ3) is 3.62. The molecule has 2 heterocycles. The maximum Gasteiger partial charge on any atom is 0.258 e. The van der Waals surface area contributed by atoms with Crippen LogP contribution in [0.3, 0.4) is 0 Å². The second-order valence-electron chi connectivity index (χ2n) is 4.99. The molecule has 1 N–H and O–H groups in total. The first-order valence-corrected chi connectivity index (χ1v) is 7.68. The van der Waals surface area contributed by atoms with E-state index in [4.69, 9.17) is 9.47 Å². The lowest BCUT2D eigenvalue weighted by molar-refractivity contribution is -0.123. The largest absolute Gasteiger partial charge is 0.490 e. The van der Waals surface area contributed by atoms with Crippen molar-refractivity contribution in [3.63, 3.8) is 0 Å². The van der Waals surface area contributed by atoms with Crippen LogP contribution in [0.25, 0.3) is 5.65 Å². The van der Waals surface area contributed by atoms with E-state index in [2.05, 4.69) is 15.5 Å². The molecule has 24 heavy (non-hydrogen) atoms. The summed E-state index contributed by atoms with van der Waals surface area (Å²) in [6, 6.07) is 12.9. The summed E-state index contributed by atoms with van der Waals surface area (Å²) in [7, 11) is 0. The van der Waals surface area contributed by atoms with Gasteiger partial charge in [-0.25, -0.2) is 0 Å². The van der Waals surface area contributed by atoms with Crippen molar-refractivity contribution in [2.45, 2.75) is 13.5 Å². The molecule has 7 nitrogen and oxygen atoms in total. The second-order valence-corrected chi connectivity index (χ2v) is 4.99. The van der Waals surface area contributed by atoms with Crippen molar-refractivity contribution in [1.82, 2.24) is 19.9 Å². The molecule has 1 aromatic carbocycles. The van der Waals surface area contributed by atoms with Crippen LogP contribution in [0.15, 0.2) is 48.7 Å². The lowest BCUT2D eigenvalue weighted by atomic mass is 10.3. The molecule has 0 saturated heterocycles. The molecule has 0 radical (unpaired) electrons. The Hall–Kier alpha value is -3.09. The summed E-state index contributed by atoms with van der Waals surface area (Å²) in [4.78, 5) is 12.0. The molecule has 0 aliphatic carbocycles. The Morgan fingerprint density at radius 2 is 1.83 bits per heavy atom. The van der Waals surface area contributed by atoms with Gasteiger partial charge in [0.25, 0.3) is 5.91 Å². The third-order valence-electron chi connectivity index (χ3n) is 3.34. The van der Waals surface area contributed by atoms with E-state index in [1.807, 2.05) is 47.9 Å². The Morgan fingerprint density at radius 3 is 2.62 bits per heavy atom. The summed E-state index contributed by atoms with van der Waals surface area (Å²) in [5.74, 6) is 1.58. The van der Waals surface area contributed by atoms with Gasteiger partial charge in [-0.3, -0.25) is 9.20 Å². The first-order valence-electron chi connectivity index (χ1n) is 7.68. The van der Waals surface area contributed by atoms with Gasteiger partial charge in [0.1, 0.15) is 0 Å². The molecule has 3 rings (SSSR count). The average molecular weight is 326 g/mol. The van der Waals surface area contributed by atoms with Gasteiger partial charge in [0.15, 0.2) is 29.6 Å². The molecule has 7 heteroatoms. The zero-order valence-electron chi connectivity index (χ0n) is 13.3. The van der Waals surface area contributed by atoms with E-state index >= 15 is 0 Å². The zero-order valence-corrected chi connectivity index (χ0v) is 13.3. The monoisotopic (exact) mass is 326 g/mol. The summed E-state index contributed by atoms with van der Waals surface area (Å²) in [5, 5.41) is 10.9. The number of aromatic nitrogens is 3. The number of carbonyl (C=O) groups excluding carboxylic acids is 1. The first kappa shape index (κ1) is 15.8. The molecule has 0 aliphatic rings. The predicted molar refractivity (Wildman–Crippen MR) is 87.9 cm³/mol. The number of carbonyl (C=O) groups is 1. The fraction of sp³-hybridized carbons (Fsp3) is 0.235. The van der Waals surface area contributed by atoms with Crippen molar-refractivity contribution >= 4 is 11.6 Å². The number of ether oxygens (including phenoxy) is 2. The SMILES string of the molecule is CCOc1ccccc1OCC(=O)NCc1nnc2ccccn12. The number of rotatable bonds is 7. The minimum absolute atomic E-state index is 0.0964. The van der Waals surface area contributed by atoms with E-state index in [9.17, 15) is 4.79 Å². The highest BCUT2D eigenvalue weighted by atomic mass is 16.5. The quantitative estimate of drug-likeness (QED) is 0.716. The summed E-state index contributed by atoms with van der Waals surface area (Å²) in [5.41, 5.74) is 0.739. The summed E-state index contributed by atoms with van der Waals surface area (Å²) in [6.45, 7) is 2.61. The summed E-state index contributed by atoms with van der Waals surface area (Å²) in [6.07, 6.45) is 1.85. The van der Waals surface area contributed by atoms with Gasteiger partial charge in [-0.2, -0.15) is 0 Å². The van der Waals surface area contributed by atoms with Crippen molar-refractivity contribution in [2.75, 3.05) is 13.2 Å². The number of hydrogen-bond acceptors (Lipinski definition) is 5. The van der Waals surface area contributed by atoms with E-state index in [-0.39, 0.29) is 19.1 Å². The van der Waals surface area contributed by atoms with Gasteiger partial charge in [-0.15, -0.1) is 10.2 Å². The van der Waals surface area contributed by atoms with Crippen LogP contribution in [-0.4, -0.2) is 33.7 Å². The molecular formula is C17H18N4O3. The summed E-state index contributed by atoms with van der Waals surface area (Å²) >= 11 is 0. The molecule has 0 fully saturated rings. The molecule has 0 saturated carbocycles. The topological polar surface area (TPSA) is 77.8 Å². The highest BCUT2D eigenvalue weighted by Crippen LogP contribution is 2.26. The molecule has 0 bridgehead atoms. The molecule has 0 aliphatic heterocycles. The van der Waals surface area contributed by atoms with Crippen LogP contribution in [0, 0.1) is 0 Å². The number of nitrogens with zero attached hydrogens (tertiary/aromatic N) is 3. The fourth-order valence-electron chi connectivity index (χ4n) is 2.23. The van der Waals surface area contributed by atoms with Crippen molar-refractivity contribution in [2.24, 2.45) is 0 Å². The first-order chi connectivity index (χ1) is 11.8. The van der Waals surface area contributed by atoms with Gasteiger partial charge in [0, 0.05) is 6.20 Å². The Bertz CT molecular complexity index is 831. The van der Waals surface area contributed by atoms with Crippen LogP contribution in [0.4, 0.5) is 0 Å². The Labute approximate surface area is 139 Å². The number of benzene rings is 1. The van der Waals surface area contributed by atoms with Crippen molar-refractivity contribution in [1.29, 1.82) is 0 Å². The predicted octanol–water partition coefficient (Wildman–Crippen LogP) is 1.82. The second kappa shape index (κ2) is 7.45. The number of pyridine rings is 1. The number of amides is 1. The van der Waals surface area contributed by atoms with Gasteiger partial charge in [-0.05, 0) is 31.2 Å². The molecule has 0 spiro atoms. The van der Waals surface area contributed by atoms with Gasteiger partial charge in [0.05, 0.1) is 13.2 Å². The molecule has 2 aromatic heterocycles. The third-order valence-corrected chi connectivity index (χ3v) is 3.34. The molecule has 0 unspecified atom stereocenters. The standard InChI is InChI=1S/C17H18N4O3/c1-2-23-13-7-3-4-8-14(13)24-12-17(22)18-11-16-20-19-15-9-5-6-10-21(15)16/h3-10H,2,11-12H2,1H3,(H,18,22). The van der Waals surface area contributed by atoms with E-state index in [1.54, 1.807) is 12.1 Å². The highest BCUT2D eigenvalue weighted by molar-refractivity contribution is 5.77. The van der Waals surface area contributed by atoms with E-state index in [0.717, 1.165) is 5.65 Å². The normalized spacial score (nSPS) is 10.5. The number of nitrogens with one attached hydrogen (secondary N) is 1. The lowest BCUT2D eigenvalue weighted by Gasteiger charge is -2.11. The molecule has 1 amide bonds. The Morgan fingerprint density at radius 1 is 1.08 bits per heavy atom. The van der Waals surface area contributed by atoms with Crippen LogP contribution in [0.5, 0.6) is 11.5 Å². The number of para-hydroxylation sites is 2. The molecular weight excluding hydrogens is 308 g/mol. The van der Waals surface area contributed by atoms with Crippen LogP contribution in [-0.2, 0) is 11.3 Å². The summed E-state index contributed by atoms with van der Waals surface area (Å²) < 4.78 is 12.8. The van der Waals surface area contributed by atoms with E-state index in [0.29, 0.717) is 23.9 Å². The van der Waals surface area contributed by atoms with Gasteiger partial charge >= 0.3 is 0 Å². The average Bonchev–Trinajstić information content (AvgIpc) is 3.03. The molecule has 124 valence electrons. The lowest BCUT2D eigenvalue weighted by Crippen LogP contribution is -2.29. The number of fused-ring (bicyclic) bond motifs is 1. The smallest absolute Gasteiger partial charge is 0.258 e. The van der Waals surface area contributed by atoms with E-state index < -0.39 is 0 Å². The van der Waals surface area contributed by atoms with Crippen LogP contribution in [0.2, 0.25) is 0 Å². The minimum atomic E-state index is -0.242. The zero-order chi connectivity index (χ0) is 16.8. The van der Waals surface area contributed by atoms with Gasteiger partial charge in [0.2, 0.25) is 0 Å². The minimum Gasteiger partial charge on any atom is -0.490 e. The van der Waals surface area contributed by atoms with Crippen molar-refractivity contribution in [3.05, 3.63) is 54.5 Å². The number of hydrogen-bond donors (Lipinski definition) is 1. The maximum absolute atomic E-state index is 12.0. The van der Waals surface area contributed by atoms with Crippen molar-refractivity contribution in [3.8, 4) is 11.5 Å². The van der Waals surface area contributed by atoms with Crippen LogP contribution >= 0.6 is 0 Å². The Balaban J connectivity index is 1.55. The van der Waals surface area contributed by atoms with Gasteiger partial charge < -0.3 is 14.8 Å².